The van der Waals surface area contributed by atoms with Crippen LogP contribution in [-0.4, -0.2) is 26.3 Å². The molecule has 1 aliphatic heterocycles. The molecular weight excluding hydrogens is 254 g/mol. The summed E-state index contributed by atoms with van der Waals surface area (Å²) in [6, 6.07) is 4.61. The lowest BCUT2D eigenvalue weighted by atomic mass is 10.2. The molecule has 16 heavy (non-hydrogen) atoms. The highest BCUT2D eigenvalue weighted by Crippen LogP contribution is 2.20. The molecule has 1 aromatic rings. The molecule has 0 amide bonds. The normalized spacial score (nSPS) is 14.9. The van der Waals surface area contributed by atoms with Gasteiger partial charge in [-0.15, -0.1) is 24.8 Å². The van der Waals surface area contributed by atoms with Crippen LogP contribution in [0.4, 0.5) is 15.8 Å². The Kier molecular flexibility index (Phi) is 6.48. The second-order valence-corrected chi connectivity index (χ2v) is 3.34. The number of nitrogens with two attached hydrogens (primary N) is 1. The summed E-state index contributed by atoms with van der Waals surface area (Å²) in [7, 11) is 0. The van der Waals surface area contributed by atoms with Crippen molar-refractivity contribution in [3.05, 3.63) is 24.0 Å². The van der Waals surface area contributed by atoms with Gasteiger partial charge < -0.3 is 15.4 Å². The second-order valence-electron chi connectivity index (χ2n) is 3.34. The molecular formula is C10H15Cl2FN2O. The lowest BCUT2D eigenvalue weighted by Gasteiger charge is -2.29. The van der Waals surface area contributed by atoms with E-state index in [0.717, 1.165) is 18.8 Å². The Morgan fingerprint density at radius 3 is 2.31 bits per heavy atom. The van der Waals surface area contributed by atoms with Crippen LogP contribution in [0.1, 0.15) is 0 Å². The van der Waals surface area contributed by atoms with Crippen LogP contribution in [0.25, 0.3) is 0 Å². The van der Waals surface area contributed by atoms with E-state index in [1.165, 1.54) is 12.1 Å². The van der Waals surface area contributed by atoms with Gasteiger partial charge >= 0.3 is 0 Å². The minimum absolute atomic E-state index is 0. The average Bonchev–Trinajstić information content (AvgIpc) is 2.18. The van der Waals surface area contributed by atoms with E-state index in [1.54, 1.807) is 6.07 Å². The SMILES string of the molecule is Cl.Cl.Nc1cc(F)cc(N2CCOCC2)c1. The van der Waals surface area contributed by atoms with Gasteiger partial charge in [0.15, 0.2) is 0 Å². The van der Waals surface area contributed by atoms with Crippen LogP contribution in [-0.2, 0) is 4.74 Å². The lowest BCUT2D eigenvalue weighted by Crippen LogP contribution is -2.36. The van der Waals surface area contributed by atoms with Crippen molar-refractivity contribution in [2.24, 2.45) is 0 Å². The minimum Gasteiger partial charge on any atom is -0.399 e. The Morgan fingerprint density at radius 1 is 1.12 bits per heavy atom. The molecule has 0 atom stereocenters. The highest BCUT2D eigenvalue weighted by atomic mass is 35.5. The van der Waals surface area contributed by atoms with Gasteiger partial charge in [-0.05, 0) is 18.2 Å². The van der Waals surface area contributed by atoms with E-state index in [0.29, 0.717) is 18.9 Å². The van der Waals surface area contributed by atoms with Crippen LogP contribution in [0.15, 0.2) is 18.2 Å². The third-order valence-corrected chi connectivity index (χ3v) is 2.28. The number of morpholine rings is 1. The summed E-state index contributed by atoms with van der Waals surface area (Å²) in [4.78, 5) is 2.07. The monoisotopic (exact) mass is 268 g/mol. The van der Waals surface area contributed by atoms with Crippen molar-refractivity contribution in [1.29, 1.82) is 0 Å². The fraction of sp³-hybridized carbons (Fsp3) is 0.400. The maximum Gasteiger partial charge on any atom is 0.127 e. The molecule has 2 rings (SSSR count). The van der Waals surface area contributed by atoms with Crippen molar-refractivity contribution >= 4 is 36.2 Å². The Morgan fingerprint density at radius 2 is 1.75 bits per heavy atom. The molecule has 0 saturated carbocycles. The van der Waals surface area contributed by atoms with Crippen molar-refractivity contribution in [3.8, 4) is 0 Å². The Hall–Kier alpha value is -0.710. The maximum atomic E-state index is 13.0. The van der Waals surface area contributed by atoms with E-state index >= 15 is 0 Å². The number of nitrogens with zero attached hydrogens (tertiary/aromatic N) is 1. The van der Waals surface area contributed by atoms with Gasteiger partial charge in [-0.2, -0.15) is 0 Å². The smallest absolute Gasteiger partial charge is 0.127 e. The zero-order valence-corrected chi connectivity index (χ0v) is 10.3. The first-order chi connectivity index (χ1) is 6.75. The number of halogens is 3. The zero-order chi connectivity index (χ0) is 9.97. The van der Waals surface area contributed by atoms with E-state index < -0.39 is 0 Å². The molecule has 0 radical (unpaired) electrons. The quantitative estimate of drug-likeness (QED) is 0.793. The second kappa shape index (κ2) is 6.78. The van der Waals surface area contributed by atoms with Crippen LogP contribution >= 0.6 is 24.8 Å². The number of anilines is 2. The number of ether oxygens (including phenoxy) is 1. The summed E-state index contributed by atoms with van der Waals surface area (Å²) < 4.78 is 18.3. The topological polar surface area (TPSA) is 38.5 Å². The van der Waals surface area contributed by atoms with Crippen LogP contribution in [0.2, 0.25) is 0 Å². The highest BCUT2D eigenvalue weighted by molar-refractivity contribution is 5.85. The summed E-state index contributed by atoms with van der Waals surface area (Å²) in [5.41, 5.74) is 6.87. The standard InChI is InChI=1S/C10H13FN2O.2ClH/c11-8-5-9(12)7-10(6-8)13-1-3-14-4-2-13;;/h5-7H,1-4,12H2;2*1H. The van der Waals surface area contributed by atoms with Gasteiger partial charge in [0.1, 0.15) is 5.82 Å². The first-order valence-corrected chi connectivity index (χ1v) is 4.64. The van der Waals surface area contributed by atoms with E-state index in [2.05, 4.69) is 4.90 Å². The summed E-state index contributed by atoms with van der Waals surface area (Å²) in [6.45, 7) is 2.97. The van der Waals surface area contributed by atoms with E-state index in [-0.39, 0.29) is 30.6 Å². The van der Waals surface area contributed by atoms with Crippen LogP contribution in [0, 0.1) is 5.82 Å². The molecule has 0 unspecified atom stereocenters. The third kappa shape index (κ3) is 3.70. The van der Waals surface area contributed by atoms with Gasteiger partial charge in [0, 0.05) is 24.5 Å². The Bertz CT molecular complexity index is 312. The van der Waals surface area contributed by atoms with Crippen LogP contribution < -0.4 is 10.6 Å². The molecule has 1 aliphatic rings. The molecule has 0 bridgehead atoms. The molecule has 92 valence electrons. The predicted octanol–water partition coefficient (Wildman–Crippen LogP) is 2.09. The summed E-state index contributed by atoms with van der Waals surface area (Å²) in [5.74, 6) is -0.286. The lowest BCUT2D eigenvalue weighted by molar-refractivity contribution is 0.122. The summed E-state index contributed by atoms with van der Waals surface area (Å²) in [6.07, 6.45) is 0. The van der Waals surface area contributed by atoms with E-state index in [1.807, 2.05) is 0 Å². The number of hydrogen-bond acceptors (Lipinski definition) is 3. The van der Waals surface area contributed by atoms with Crippen molar-refractivity contribution in [3.63, 3.8) is 0 Å². The third-order valence-electron chi connectivity index (χ3n) is 2.28. The molecule has 2 N–H and O–H groups in total. The first-order valence-electron chi connectivity index (χ1n) is 4.64. The van der Waals surface area contributed by atoms with Gasteiger partial charge in [-0.25, -0.2) is 4.39 Å². The van der Waals surface area contributed by atoms with Gasteiger partial charge in [-0.3, -0.25) is 0 Å². The van der Waals surface area contributed by atoms with Gasteiger partial charge in [0.05, 0.1) is 13.2 Å². The number of hydrogen-bond donors (Lipinski definition) is 1. The predicted molar refractivity (Wildman–Crippen MR) is 68.3 cm³/mol. The van der Waals surface area contributed by atoms with Crippen molar-refractivity contribution in [2.45, 2.75) is 0 Å². The number of nitrogen functional groups attached to an aromatic ring is 1. The molecule has 1 aromatic carbocycles. The Labute approximate surface area is 107 Å². The largest absolute Gasteiger partial charge is 0.399 e. The molecule has 6 heteroatoms. The Balaban J connectivity index is 0.00000112. The van der Waals surface area contributed by atoms with Gasteiger partial charge in [-0.1, -0.05) is 0 Å². The molecule has 1 fully saturated rings. The van der Waals surface area contributed by atoms with Crippen molar-refractivity contribution in [2.75, 3.05) is 36.9 Å². The fourth-order valence-electron chi connectivity index (χ4n) is 1.60. The molecule has 1 heterocycles. The highest BCUT2D eigenvalue weighted by Gasteiger charge is 2.12. The molecule has 3 nitrogen and oxygen atoms in total. The van der Waals surface area contributed by atoms with Crippen molar-refractivity contribution in [1.82, 2.24) is 0 Å². The van der Waals surface area contributed by atoms with Crippen LogP contribution in [0.3, 0.4) is 0 Å². The minimum atomic E-state index is -0.286. The summed E-state index contributed by atoms with van der Waals surface area (Å²) >= 11 is 0. The number of benzene rings is 1. The molecule has 0 aliphatic carbocycles. The number of rotatable bonds is 1. The van der Waals surface area contributed by atoms with E-state index in [9.17, 15) is 4.39 Å². The maximum absolute atomic E-state index is 13.0. The molecule has 0 aromatic heterocycles. The zero-order valence-electron chi connectivity index (χ0n) is 8.69. The van der Waals surface area contributed by atoms with Crippen LogP contribution in [0.5, 0.6) is 0 Å². The van der Waals surface area contributed by atoms with Crippen molar-refractivity contribution < 1.29 is 9.13 Å². The molecule has 1 saturated heterocycles. The summed E-state index contributed by atoms with van der Waals surface area (Å²) in [5, 5.41) is 0. The molecule has 0 spiro atoms. The van der Waals surface area contributed by atoms with Gasteiger partial charge in [0.2, 0.25) is 0 Å². The fourth-order valence-corrected chi connectivity index (χ4v) is 1.60. The van der Waals surface area contributed by atoms with E-state index in [4.69, 9.17) is 10.5 Å². The van der Waals surface area contributed by atoms with Gasteiger partial charge in [0.25, 0.3) is 0 Å². The first kappa shape index (κ1) is 15.3. The average molecular weight is 269 g/mol.